The van der Waals surface area contributed by atoms with Crippen LogP contribution in [0, 0.1) is 11.8 Å². The van der Waals surface area contributed by atoms with Gasteiger partial charge in [0.15, 0.2) is 0 Å². The average molecular weight is 283 g/mol. The third-order valence-corrected chi connectivity index (χ3v) is 4.16. The van der Waals surface area contributed by atoms with E-state index in [4.69, 9.17) is 4.74 Å². The smallest absolute Gasteiger partial charge is 0.130 e. The van der Waals surface area contributed by atoms with Crippen LogP contribution in [0.1, 0.15) is 13.8 Å². The fourth-order valence-electron chi connectivity index (χ4n) is 3.31. The summed E-state index contributed by atoms with van der Waals surface area (Å²) in [5.41, 5.74) is 2.43. The minimum Gasteiger partial charge on any atom is -0.457 e. The Kier molecular flexibility index (Phi) is 5.03. The monoisotopic (exact) mass is 283 g/mol. The number of fused-ring (bicyclic) bond motifs is 1. The van der Waals surface area contributed by atoms with Crippen LogP contribution in [0.4, 0.5) is 0 Å². The van der Waals surface area contributed by atoms with Crippen LogP contribution >= 0.6 is 0 Å². The molecule has 0 aromatic carbocycles. The number of hydrogen-bond donors (Lipinski definition) is 0. The van der Waals surface area contributed by atoms with Crippen molar-refractivity contribution in [3.05, 3.63) is 72.3 Å². The summed E-state index contributed by atoms with van der Waals surface area (Å²) < 4.78 is 6.15. The standard InChI is InChI=1S/C19H25NO/c1-6-10-15-17-13-20(5)12-16(17)14(8-3)19(11-7-2)21-18(15)9-4/h6-11,16-17H,3-4,12-13H2,1-2,5H3/b10-6-,11-7-. The van der Waals surface area contributed by atoms with E-state index in [0.29, 0.717) is 11.8 Å². The lowest BCUT2D eigenvalue weighted by Crippen LogP contribution is -2.15. The fourth-order valence-corrected chi connectivity index (χ4v) is 3.31. The molecule has 2 unspecified atom stereocenters. The summed E-state index contributed by atoms with van der Waals surface area (Å²) in [6, 6.07) is 0. The molecule has 0 saturated carbocycles. The lowest BCUT2D eigenvalue weighted by Gasteiger charge is -2.18. The second-order valence-corrected chi connectivity index (χ2v) is 5.58. The number of ether oxygens (including phenoxy) is 1. The molecule has 2 rings (SSSR count). The van der Waals surface area contributed by atoms with Crippen LogP contribution in [0.3, 0.4) is 0 Å². The van der Waals surface area contributed by atoms with Crippen molar-refractivity contribution in [3.63, 3.8) is 0 Å². The maximum Gasteiger partial charge on any atom is 0.130 e. The van der Waals surface area contributed by atoms with E-state index in [1.807, 2.05) is 38.2 Å². The molecule has 2 aliphatic heterocycles. The van der Waals surface area contributed by atoms with Crippen LogP contribution in [0.5, 0.6) is 0 Å². The number of hydrogen-bond acceptors (Lipinski definition) is 2. The predicted octanol–water partition coefficient (Wildman–Crippen LogP) is 4.23. The largest absolute Gasteiger partial charge is 0.457 e. The van der Waals surface area contributed by atoms with Gasteiger partial charge in [0, 0.05) is 24.9 Å². The van der Waals surface area contributed by atoms with E-state index in [0.717, 1.165) is 24.6 Å². The zero-order valence-electron chi connectivity index (χ0n) is 13.3. The third-order valence-electron chi connectivity index (χ3n) is 4.16. The van der Waals surface area contributed by atoms with E-state index in [1.165, 1.54) is 11.1 Å². The van der Waals surface area contributed by atoms with Gasteiger partial charge >= 0.3 is 0 Å². The van der Waals surface area contributed by atoms with Gasteiger partial charge in [-0.05, 0) is 44.2 Å². The molecule has 0 spiro atoms. The van der Waals surface area contributed by atoms with E-state index in [9.17, 15) is 0 Å². The molecule has 0 bridgehead atoms. The molecule has 0 aromatic heterocycles. The Morgan fingerprint density at radius 1 is 0.952 bits per heavy atom. The van der Waals surface area contributed by atoms with Crippen molar-refractivity contribution >= 4 is 0 Å². The summed E-state index contributed by atoms with van der Waals surface area (Å²) in [6.45, 7) is 14.1. The van der Waals surface area contributed by atoms with Crippen LogP contribution < -0.4 is 0 Å². The van der Waals surface area contributed by atoms with Gasteiger partial charge in [-0.25, -0.2) is 0 Å². The normalized spacial score (nSPS) is 27.2. The maximum absolute atomic E-state index is 6.15. The topological polar surface area (TPSA) is 12.5 Å². The lowest BCUT2D eigenvalue weighted by atomic mass is 9.82. The number of rotatable bonds is 4. The van der Waals surface area contributed by atoms with E-state index in [2.05, 4.69) is 37.3 Å². The van der Waals surface area contributed by atoms with Crippen LogP contribution in [-0.4, -0.2) is 25.0 Å². The second-order valence-electron chi connectivity index (χ2n) is 5.58. The van der Waals surface area contributed by atoms with Gasteiger partial charge in [0.25, 0.3) is 0 Å². The van der Waals surface area contributed by atoms with Gasteiger partial charge in [-0.3, -0.25) is 0 Å². The van der Waals surface area contributed by atoms with Crippen molar-refractivity contribution in [2.24, 2.45) is 11.8 Å². The predicted molar refractivity (Wildman–Crippen MR) is 89.6 cm³/mol. The fraction of sp³-hybridized carbons (Fsp3) is 0.368. The van der Waals surface area contributed by atoms with Crippen LogP contribution in [0.15, 0.2) is 72.3 Å². The first-order chi connectivity index (χ1) is 10.2. The van der Waals surface area contributed by atoms with Crippen molar-refractivity contribution in [1.29, 1.82) is 0 Å². The Balaban J connectivity index is 2.62. The van der Waals surface area contributed by atoms with Gasteiger partial charge in [0.2, 0.25) is 0 Å². The Morgan fingerprint density at radius 3 is 2.10 bits per heavy atom. The van der Waals surface area contributed by atoms with Gasteiger partial charge in [0.1, 0.15) is 11.5 Å². The van der Waals surface area contributed by atoms with Gasteiger partial charge in [-0.2, -0.15) is 0 Å². The highest BCUT2D eigenvalue weighted by atomic mass is 16.5. The molecule has 2 heterocycles. The summed E-state index contributed by atoms with van der Waals surface area (Å²) in [4.78, 5) is 2.38. The molecule has 21 heavy (non-hydrogen) atoms. The average Bonchev–Trinajstić information content (AvgIpc) is 2.80. The lowest BCUT2D eigenvalue weighted by molar-refractivity contribution is 0.325. The van der Waals surface area contributed by atoms with E-state index in [-0.39, 0.29) is 0 Å². The summed E-state index contributed by atoms with van der Waals surface area (Å²) in [5.74, 6) is 2.60. The van der Waals surface area contributed by atoms with E-state index >= 15 is 0 Å². The summed E-state index contributed by atoms with van der Waals surface area (Å²) in [5, 5.41) is 0. The van der Waals surface area contributed by atoms with Crippen molar-refractivity contribution in [2.45, 2.75) is 13.8 Å². The summed E-state index contributed by atoms with van der Waals surface area (Å²) >= 11 is 0. The Labute approximate surface area is 128 Å². The van der Waals surface area contributed by atoms with Crippen molar-refractivity contribution in [2.75, 3.05) is 20.1 Å². The van der Waals surface area contributed by atoms with Gasteiger partial charge in [-0.1, -0.05) is 37.5 Å². The molecule has 2 aliphatic rings. The highest BCUT2D eigenvalue weighted by Crippen LogP contribution is 2.41. The Hall–Kier alpha value is -1.80. The van der Waals surface area contributed by atoms with Crippen LogP contribution in [-0.2, 0) is 4.74 Å². The molecule has 1 fully saturated rings. The molecule has 2 heteroatoms. The molecular weight excluding hydrogens is 258 g/mol. The van der Waals surface area contributed by atoms with Crippen LogP contribution in [0.25, 0.3) is 0 Å². The highest BCUT2D eigenvalue weighted by molar-refractivity contribution is 5.43. The highest BCUT2D eigenvalue weighted by Gasteiger charge is 2.38. The van der Waals surface area contributed by atoms with Gasteiger partial charge in [-0.15, -0.1) is 0 Å². The van der Waals surface area contributed by atoms with Crippen molar-refractivity contribution in [3.8, 4) is 0 Å². The Morgan fingerprint density at radius 2 is 1.57 bits per heavy atom. The van der Waals surface area contributed by atoms with E-state index < -0.39 is 0 Å². The van der Waals surface area contributed by atoms with Crippen molar-refractivity contribution in [1.82, 2.24) is 4.90 Å². The zero-order valence-corrected chi connectivity index (χ0v) is 13.3. The minimum absolute atomic E-state index is 0.419. The number of likely N-dealkylation sites (tertiary alicyclic amines) is 1. The first-order valence-electron chi connectivity index (χ1n) is 7.51. The van der Waals surface area contributed by atoms with Crippen LogP contribution in [0.2, 0.25) is 0 Å². The molecule has 2 nitrogen and oxygen atoms in total. The third kappa shape index (κ3) is 2.96. The first kappa shape index (κ1) is 15.6. The molecule has 0 N–H and O–H groups in total. The van der Waals surface area contributed by atoms with Crippen molar-refractivity contribution < 1.29 is 4.74 Å². The van der Waals surface area contributed by atoms with E-state index in [1.54, 1.807) is 0 Å². The molecule has 2 atom stereocenters. The SMILES string of the molecule is C=CC1=C(/C=C\C)C2CN(C)CC2C(C=C)=C(/C=C\C)O1. The second kappa shape index (κ2) is 6.77. The zero-order chi connectivity index (χ0) is 15.4. The minimum atomic E-state index is 0.419. The Bertz CT molecular complexity index is 548. The molecule has 112 valence electrons. The summed E-state index contributed by atoms with van der Waals surface area (Å²) in [6.07, 6.45) is 12.0. The molecule has 0 amide bonds. The first-order valence-corrected chi connectivity index (χ1v) is 7.51. The quantitative estimate of drug-likeness (QED) is 0.765. The molecule has 0 aliphatic carbocycles. The molecule has 0 aromatic rings. The van der Waals surface area contributed by atoms with Gasteiger partial charge < -0.3 is 9.64 Å². The summed E-state index contributed by atoms with van der Waals surface area (Å²) in [7, 11) is 2.17. The number of allylic oxidation sites excluding steroid dienone is 6. The molecule has 1 saturated heterocycles. The number of nitrogens with zero attached hydrogens (tertiary/aromatic N) is 1. The molecular formula is C19H25NO. The molecule has 0 radical (unpaired) electrons. The van der Waals surface area contributed by atoms with Gasteiger partial charge in [0.05, 0.1) is 0 Å². The maximum atomic E-state index is 6.15.